The lowest BCUT2D eigenvalue weighted by atomic mass is 10.1. The van der Waals surface area contributed by atoms with Crippen molar-refractivity contribution in [2.75, 3.05) is 7.11 Å². The Bertz CT molecular complexity index is 496. The number of aromatic nitrogens is 3. The highest BCUT2D eigenvalue weighted by atomic mass is 16.5. The molecular formula is C13H17N3O2. The molecule has 2 aromatic rings. The first-order valence-electron chi connectivity index (χ1n) is 5.92. The van der Waals surface area contributed by atoms with E-state index in [1.165, 1.54) is 0 Å². The van der Waals surface area contributed by atoms with E-state index in [1.807, 2.05) is 41.8 Å². The fraction of sp³-hybridized carbons (Fsp3) is 0.385. The summed E-state index contributed by atoms with van der Waals surface area (Å²) < 4.78 is 7.39. The van der Waals surface area contributed by atoms with Gasteiger partial charge in [0, 0.05) is 13.7 Å². The third-order valence-corrected chi connectivity index (χ3v) is 2.89. The van der Waals surface area contributed by atoms with Crippen molar-refractivity contribution in [1.29, 1.82) is 0 Å². The van der Waals surface area contributed by atoms with Crippen LogP contribution in [0.4, 0.5) is 0 Å². The van der Waals surface area contributed by atoms with Crippen LogP contribution >= 0.6 is 0 Å². The van der Waals surface area contributed by atoms with Crippen molar-refractivity contribution in [3.05, 3.63) is 47.5 Å². The average molecular weight is 247 g/mol. The maximum atomic E-state index is 9.22. The van der Waals surface area contributed by atoms with Gasteiger partial charge in [0.2, 0.25) is 0 Å². The van der Waals surface area contributed by atoms with E-state index in [0.29, 0.717) is 12.4 Å². The van der Waals surface area contributed by atoms with Crippen LogP contribution < -0.4 is 0 Å². The van der Waals surface area contributed by atoms with E-state index in [9.17, 15) is 5.11 Å². The molecule has 0 aliphatic rings. The maximum absolute atomic E-state index is 9.22. The Labute approximate surface area is 106 Å². The normalized spacial score (nSPS) is 12.6. The van der Waals surface area contributed by atoms with Crippen molar-refractivity contribution in [3.63, 3.8) is 0 Å². The van der Waals surface area contributed by atoms with E-state index in [-0.39, 0.29) is 12.7 Å². The Morgan fingerprint density at radius 3 is 2.56 bits per heavy atom. The van der Waals surface area contributed by atoms with Gasteiger partial charge in [-0.05, 0) is 12.5 Å². The molecule has 1 aromatic heterocycles. The number of hydrogen-bond donors (Lipinski definition) is 1. The highest BCUT2D eigenvalue weighted by Crippen LogP contribution is 2.24. The molecule has 1 N–H and O–H groups in total. The zero-order valence-corrected chi connectivity index (χ0v) is 10.6. The number of benzene rings is 1. The summed E-state index contributed by atoms with van der Waals surface area (Å²) in [6.45, 7) is 2.57. The quantitative estimate of drug-likeness (QED) is 0.870. The number of nitrogens with zero attached hydrogens (tertiary/aromatic N) is 3. The molecule has 96 valence electrons. The van der Waals surface area contributed by atoms with Gasteiger partial charge in [0.25, 0.3) is 0 Å². The third-order valence-electron chi connectivity index (χ3n) is 2.89. The lowest BCUT2D eigenvalue weighted by molar-refractivity contribution is 0.125. The summed E-state index contributed by atoms with van der Waals surface area (Å²) in [5.41, 5.74) is 1.02. The average Bonchev–Trinajstić information content (AvgIpc) is 2.83. The standard InChI is InChI=1S/C13H17N3O2/c1-3-16-11(9-17)14-15-13(16)12(18-2)10-7-5-4-6-8-10/h4-8,12,17H,3,9H2,1-2H3. The molecule has 0 radical (unpaired) electrons. The Morgan fingerprint density at radius 1 is 1.28 bits per heavy atom. The first kappa shape index (κ1) is 12.7. The molecule has 2 rings (SSSR count). The molecule has 0 bridgehead atoms. The maximum Gasteiger partial charge on any atom is 0.166 e. The van der Waals surface area contributed by atoms with Crippen LogP contribution in [0.1, 0.15) is 30.2 Å². The fourth-order valence-corrected chi connectivity index (χ4v) is 2.02. The van der Waals surface area contributed by atoms with Crippen LogP contribution in [0.25, 0.3) is 0 Å². The highest BCUT2D eigenvalue weighted by Gasteiger charge is 2.21. The minimum absolute atomic E-state index is 0.119. The second-order valence-corrected chi connectivity index (χ2v) is 3.90. The molecule has 0 saturated heterocycles. The van der Waals surface area contributed by atoms with Gasteiger partial charge < -0.3 is 14.4 Å². The molecule has 5 nitrogen and oxygen atoms in total. The van der Waals surface area contributed by atoms with Gasteiger partial charge in [-0.1, -0.05) is 30.3 Å². The summed E-state index contributed by atoms with van der Waals surface area (Å²) in [5.74, 6) is 1.28. The summed E-state index contributed by atoms with van der Waals surface area (Å²) in [6, 6.07) is 9.85. The molecule has 0 aliphatic heterocycles. The molecule has 1 atom stereocenters. The van der Waals surface area contributed by atoms with E-state index in [4.69, 9.17) is 4.74 Å². The van der Waals surface area contributed by atoms with Gasteiger partial charge >= 0.3 is 0 Å². The number of ether oxygens (including phenoxy) is 1. The Kier molecular flexibility index (Phi) is 4.07. The lowest BCUT2D eigenvalue weighted by Gasteiger charge is -2.16. The molecule has 1 unspecified atom stereocenters. The monoisotopic (exact) mass is 247 g/mol. The first-order valence-corrected chi connectivity index (χ1v) is 5.92. The van der Waals surface area contributed by atoms with Crippen molar-refractivity contribution in [2.24, 2.45) is 0 Å². The molecule has 0 amide bonds. The van der Waals surface area contributed by atoms with Crippen LogP contribution in [0.15, 0.2) is 30.3 Å². The summed E-state index contributed by atoms with van der Waals surface area (Å²) in [7, 11) is 1.64. The van der Waals surface area contributed by atoms with Gasteiger partial charge in [-0.2, -0.15) is 0 Å². The van der Waals surface area contributed by atoms with Gasteiger partial charge in [-0.3, -0.25) is 0 Å². The van der Waals surface area contributed by atoms with E-state index < -0.39 is 0 Å². The second kappa shape index (κ2) is 5.75. The summed E-state index contributed by atoms with van der Waals surface area (Å²) in [4.78, 5) is 0. The van der Waals surface area contributed by atoms with E-state index in [1.54, 1.807) is 7.11 Å². The van der Waals surface area contributed by atoms with Crippen LogP contribution in [-0.4, -0.2) is 27.0 Å². The van der Waals surface area contributed by atoms with Crippen LogP contribution in [0, 0.1) is 0 Å². The molecule has 1 heterocycles. The number of aliphatic hydroxyl groups excluding tert-OH is 1. The van der Waals surface area contributed by atoms with Crippen molar-refractivity contribution in [2.45, 2.75) is 26.2 Å². The molecule has 1 aromatic carbocycles. The zero-order chi connectivity index (χ0) is 13.0. The first-order chi connectivity index (χ1) is 8.81. The summed E-state index contributed by atoms with van der Waals surface area (Å²) in [6.07, 6.45) is -0.265. The SMILES string of the molecule is CCn1c(CO)nnc1C(OC)c1ccccc1. The minimum Gasteiger partial charge on any atom is -0.388 e. The molecule has 0 aliphatic carbocycles. The van der Waals surface area contributed by atoms with Crippen molar-refractivity contribution in [1.82, 2.24) is 14.8 Å². The van der Waals surface area contributed by atoms with Crippen LogP contribution in [-0.2, 0) is 17.9 Å². The van der Waals surface area contributed by atoms with E-state index in [0.717, 1.165) is 11.4 Å². The number of hydrogen-bond acceptors (Lipinski definition) is 4. The highest BCUT2D eigenvalue weighted by molar-refractivity contribution is 5.23. The lowest BCUT2D eigenvalue weighted by Crippen LogP contribution is -2.13. The van der Waals surface area contributed by atoms with E-state index >= 15 is 0 Å². The molecule has 18 heavy (non-hydrogen) atoms. The molecule has 0 fully saturated rings. The van der Waals surface area contributed by atoms with Crippen LogP contribution in [0.3, 0.4) is 0 Å². The summed E-state index contributed by atoms with van der Waals surface area (Å²) in [5, 5.41) is 17.3. The van der Waals surface area contributed by atoms with Gasteiger partial charge in [-0.25, -0.2) is 0 Å². The fourth-order valence-electron chi connectivity index (χ4n) is 2.02. The third kappa shape index (κ3) is 2.27. The molecule has 5 heteroatoms. The van der Waals surface area contributed by atoms with Gasteiger partial charge in [0.15, 0.2) is 11.6 Å². The zero-order valence-electron chi connectivity index (χ0n) is 10.6. The Balaban J connectivity index is 2.42. The van der Waals surface area contributed by atoms with Crippen LogP contribution in [0.5, 0.6) is 0 Å². The smallest absolute Gasteiger partial charge is 0.166 e. The number of aliphatic hydroxyl groups is 1. The largest absolute Gasteiger partial charge is 0.388 e. The second-order valence-electron chi connectivity index (χ2n) is 3.90. The van der Waals surface area contributed by atoms with Crippen LogP contribution in [0.2, 0.25) is 0 Å². The number of methoxy groups -OCH3 is 1. The Morgan fingerprint density at radius 2 is 2.00 bits per heavy atom. The van der Waals surface area contributed by atoms with Crippen molar-refractivity contribution >= 4 is 0 Å². The molecular weight excluding hydrogens is 230 g/mol. The van der Waals surface area contributed by atoms with Crippen molar-refractivity contribution in [3.8, 4) is 0 Å². The van der Waals surface area contributed by atoms with Gasteiger partial charge in [0.05, 0.1) is 0 Å². The van der Waals surface area contributed by atoms with Gasteiger partial charge in [0.1, 0.15) is 12.7 Å². The summed E-state index contributed by atoms with van der Waals surface area (Å²) >= 11 is 0. The molecule has 0 saturated carbocycles. The minimum atomic E-state index is -0.265. The molecule has 0 spiro atoms. The van der Waals surface area contributed by atoms with Gasteiger partial charge in [-0.15, -0.1) is 10.2 Å². The predicted octanol–water partition coefficient (Wildman–Crippen LogP) is 1.53. The predicted molar refractivity (Wildman–Crippen MR) is 66.9 cm³/mol. The van der Waals surface area contributed by atoms with E-state index in [2.05, 4.69) is 10.2 Å². The number of rotatable bonds is 5. The Hall–Kier alpha value is -1.72. The van der Waals surface area contributed by atoms with Crippen molar-refractivity contribution < 1.29 is 9.84 Å². The topological polar surface area (TPSA) is 60.2 Å².